The van der Waals surface area contributed by atoms with E-state index in [0.717, 1.165) is 42.5 Å². The Morgan fingerprint density at radius 3 is 2.34 bits per heavy atom. The molecule has 0 saturated carbocycles. The number of hydrogen-bond acceptors (Lipinski definition) is 2. The van der Waals surface area contributed by atoms with E-state index in [1.165, 1.54) is 0 Å². The summed E-state index contributed by atoms with van der Waals surface area (Å²) in [6, 6.07) is 16.0. The van der Waals surface area contributed by atoms with E-state index in [-0.39, 0.29) is 11.9 Å². The lowest BCUT2D eigenvalue weighted by Crippen LogP contribution is -2.46. The van der Waals surface area contributed by atoms with Crippen molar-refractivity contribution in [1.29, 1.82) is 0 Å². The largest absolute Gasteiger partial charge is 0.348 e. The van der Waals surface area contributed by atoms with Gasteiger partial charge in [-0.15, -0.1) is 0 Å². The first-order chi connectivity index (χ1) is 13.9. The van der Waals surface area contributed by atoms with E-state index >= 15 is 0 Å². The van der Waals surface area contributed by atoms with Gasteiger partial charge in [-0.05, 0) is 57.0 Å². The van der Waals surface area contributed by atoms with Crippen LogP contribution in [-0.2, 0) is 0 Å². The smallest absolute Gasteiger partial charge is 0.268 e. The molecule has 1 saturated heterocycles. The molecule has 1 aromatic heterocycles. The van der Waals surface area contributed by atoms with E-state index in [9.17, 15) is 4.79 Å². The van der Waals surface area contributed by atoms with Gasteiger partial charge in [-0.3, -0.25) is 4.79 Å². The Bertz CT molecular complexity index is 1020. The van der Waals surface area contributed by atoms with Crippen molar-refractivity contribution >= 4 is 40.0 Å². The average molecular weight is 430 g/mol. The van der Waals surface area contributed by atoms with Crippen molar-refractivity contribution in [1.82, 2.24) is 14.8 Å². The Morgan fingerprint density at radius 1 is 1.03 bits per heavy atom. The summed E-state index contributed by atoms with van der Waals surface area (Å²) in [7, 11) is 0. The molecule has 4 rings (SSSR count). The maximum Gasteiger partial charge on any atom is 0.268 e. The molecule has 1 fully saturated rings. The first kappa shape index (κ1) is 20.3. The van der Waals surface area contributed by atoms with Gasteiger partial charge in [0, 0.05) is 46.3 Å². The van der Waals surface area contributed by atoms with Crippen LogP contribution in [0.25, 0.3) is 16.6 Å². The number of amides is 1. The molecule has 152 valence electrons. The van der Waals surface area contributed by atoms with E-state index in [2.05, 4.69) is 24.1 Å². The zero-order valence-corrected chi connectivity index (χ0v) is 18.2. The Hall–Kier alpha value is -2.01. The highest BCUT2D eigenvalue weighted by atomic mass is 35.5. The molecule has 6 heteroatoms. The number of benzene rings is 2. The number of piperidine rings is 1. The van der Waals surface area contributed by atoms with Crippen LogP contribution in [0.2, 0.25) is 10.0 Å². The summed E-state index contributed by atoms with van der Waals surface area (Å²) in [5.41, 5.74) is 2.32. The highest BCUT2D eigenvalue weighted by Crippen LogP contribution is 2.29. The minimum Gasteiger partial charge on any atom is -0.348 e. The molecule has 1 amide bonds. The quantitative estimate of drug-likeness (QED) is 0.590. The lowest BCUT2D eigenvalue weighted by atomic mass is 10.0. The monoisotopic (exact) mass is 429 g/mol. The Balaban J connectivity index is 1.66. The van der Waals surface area contributed by atoms with Gasteiger partial charge in [0.05, 0.1) is 5.52 Å². The number of hydrogen-bond donors (Lipinski definition) is 1. The van der Waals surface area contributed by atoms with Gasteiger partial charge in [0.1, 0.15) is 5.69 Å². The Morgan fingerprint density at radius 2 is 1.69 bits per heavy atom. The van der Waals surface area contributed by atoms with Crippen molar-refractivity contribution in [3.8, 4) is 5.69 Å². The number of carbonyl (C=O) groups is 1. The molecular weight excluding hydrogens is 405 g/mol. The summed E-state index contributed by atoms with van der Waals surface area (Å²) >= 11 is 12.5. The summed E-state index contributed by atoms with van der Waals surface area (Å²) in [5, 5.41) is 5.32. The summed E-state index contributed by atoms with van der Waals surface area (Å²) < 4.78 is 1.94. The number of carbonyl (C=O) groups excluding carboxylic acids is 1. The Kier molecular flexibility index (Phi) is 5.86. The van der Waals surface area contributed by atoms with Gasteiger partial charge in [-0.1, -0.05) is 41.4 Å². The number of fused-ring (bicyclic) bond motifs is 1. The predicted molar refractivity (Wildman–Crippen MR) is 120 cm³/mol. The normalized spacial score (nSPS) is 15.9. The molecule has 29 heavy (non-hydrogen) atoms. The van der Waals surface area contributed by atoms with Crippen molar-refractivity contribution in [3.05, 3.63) is 64.3 Å². The highest BCUT2D eigenvalue weighted by molar-refractivity contribution is 6.34. The van der Waals surface area contributed by atoms with Crippen LogP contribution < -0.4 is 5.32 Å². The number of nitrogens with one attached hydrogen (secondary N) is 1. The molecule has 2 heterocycles. The lowest BCUT2D eigenvalue weighted by molar-refractivity contribution is 0.0894. The molecule has 0 unspecified atom stereocenters. The van der Waals surface area contributed by atoms with Crippen LogP contribution in [0.5, 0.6) is 0 Å². The van der Waals surface area contributed by atoms with Gasteiger partial charge in [0.15, 0.2) is 0 Å². The third-order valence-corrected chi connectivity index (χ3v) is 6.08. The van der Waals surface area contributed by atoms with E-state index < -0.39 is 0 Å². The third kappa shape index (κ3) is 4.30. The second-order valence-electron chi connectivity index (χ2n) is 7.93. The molecule has 1 aliphatic rings. The zero-order valence-electron chi connectivity index (χ0n) is 16.7. The van der Waals surface area contributed by atoms with Crippen LogP contribution >= 0.6 is 23.2 Å². The van der Waals surface area contributed by atoms with Crippen molar-refractivity contribution in [3.63, 3.8) is 0 Å². The van der Waals surface area contributed by atoms with Crippen LogP contribution in [0.4, 0.5) is 0 Å². The standard InChI is InChI=1S/C23H25Cl2N3O/c1-15(2)27-9-7-19(8-10-27)26-23(29)22-11-16-5-3-4-6-21(16)28(22)20-13-17(24)12-18(25)14-20/h3-6,11-15,19H,7-10H2,1-2H3,(H,26,29). The van der Waals surface area contributed by atoms with Crippen LogP contribution in [0, 0.1) is 0 Å². The van der Waals surface area contributed by atoms with Gasteiger partial charge < -0.3 is 14.8 Å². The molecule has 0 radical (unpaired) electrons. The van der Waals surface area contributed by atoms with Crippen molar-refractivity contribution in [2.24, 2.45) is 0 Å². The molecular formula is C23H25Cl2N3O. The molecule has 0 bridgehead atoms. The van der Waals surface area contributed by atoms with Crippen LogP contribution in [-0.4, -0.2) is 40.5 Å². The predicted octanol–water partition coefficient (Wildman–Crippen LogP) is 5.54. The minimum atomic E-state index is -0.0692. The Labute approximate surface area is 181 Å². The molecule has 4 nitrogen and oxygen atoms in total. The van der Waals surface area contributed by atoms with Crippen molar-refractivity contribution in [2.45, 2.75) is 38.8 Å². The zero-order chi connectivity index (χ0) is 20.5. The van der Waals surface area contributed by atoms with Gasteiger partial charge in [0.25, 0.3) is 5.91 Å². The van der Waals surface area contributed by atoms with E-state index in [4.69, 9.17) is 23.2 Å². The second-order valence-corrected chi connectivity index (χ2v) is 8.80. The van der Waals surface area contributed by atoms with E-state index in [1.807, 2.05) is 47.0 Å². The lowest BCUT2D eigenvalue weighted by Gasteiger charge is -2.34. The van der Waals surface area contributed by atoms with Crippen molar-refractivity contribution < 1.29 is 4.79 Å². The topological polar surface area (TPSA) is 37.3 Å². The molecule has 1 N–H and O–H groups in total. The minimum absolute atomic E-state index is 0.0692. The average Bonchev–Trinajstić information content (AvgIpc) is 3.07. The fourth-order valence-electron chi connectivity index (χ4n) is 4.09. The van der Waals surface area contributed by atoms with Gasteiger partial charge in [-0.25, -0.2) is 0 Å². The summed E-state index contributed by atoms with van der Waals surface area (Å²) in [4.78, 5) is 15.7. The first-order valence-electron chi connectivity index (χ1n) is 10.0. The van der Waals surface area contributed by atoms with E-state index in [0.29, 0.717) is 21.8 Å². The van der Waals surface area contributed by atoms with E-state index in [1.54, 1.807) is 6.07 Å². The summed E-state index contributed by atoms with van der Waals surface area (Å²) in [6.07, 6.45) is 1.93. The molecule has 3 aromatic rings. The maximum atomic E-state index is 13.3. The van der Waals surface area contributed by atoms with Gasteiger partial charge in [0.2, 0.25) is 0 Å². The molecule has 0 aliphatic carbocycles. The maximum absolute atomic E-state index is 13.3. The summed E-state index contributed by atoms with van der Waals surface area (Å²) in [6.45, 7) is 6.45. The second kappa shape index (κ2) is 8.39. The first-order valence-corrected chi connectivity index (χ1v) is 10.8. The van der Waals surface area contributed by atoms with Crippen LogP contribution in [0.3, 0.4) is 0 Å². The summed E-state index contributed by atoms with van der Waals surface area (Å²) in [5.74, 6) is -0.0692. The number of rotatable bonds is 4. The number of nitrogens with zero attached hydrogens (tertiary/aromatic N) is 2. The number of likely N-dealkylation sites (tertiary alicyclic amines) is 1. The molecule has 1 aliphatic heterocycles. The number of aromatic nitrogens is 1. The van der Waals surface area contributed by atoms with Crippen molar-refractivity contribution in [2.75, 3.05) is 13.1 Å². The fraction of sp³-hybridized carbons (Fsp3) is 0.348. The van der Waals surface area contributed by atoms with Crippen LogP contribution in [0.15, 0.2) is 48.5 Å². The van der Waals surface area contributed by atoms with Gasteiger partial charge >= 0.3 is 0 Å². The highest BCUT2D eigenvalue weighted by Gasteiger charge is 2.24. The van der Waals surface area contributed by atoms with Crippen LogP contribution in [0.1, 0.15) is 37.2 Å². The fourth-order valence-corrected chi connectivity index (χ4v) is 4.60. The van der Waals surface area contributed by atoms with Gasteiger partial charge in [-0.2, -0.15) is 0 Å². The number of halogens is 2. The number of para-hydroxylation sites is 1. The molecule has 0 atom stereocenters. The molecule has 0 spiro atoms. The third-order valence-electron chi connectivity index (χ3n) is 5.64. The molecule has 2 aromatic carbocycles. The SMILES string of the molecule is CC(C)N1CCC(NC(=O)c2cc3ccccc3n2-c2cc(Cl)cc(Cl)c2)CC1.